The number of hydrogen-bond donors (Lipinski definition) is 0. The minimum Gasteiger partial charge on any atom is -0.456 e. The number of rotatable bonds is 5. The van der Waals surface area contributed by atoms with Crippen molar-refractivity contribution in [2.24, 2.45) is 5.41 Å². The summed E-state index contributed by atoms with van der Waals surface area (Å²) in [5.74, 6) is -0.720. The predicted octanol–water partition coefficient (Wildman–Crippen LogP) is 3.79. The summed E-state index contributed by atoms with van der Waals surface area (Å²) in [5.41, 5.74) is -0.0431. The van der Waals surface area contributed by atoms with Crippen LogP contribution in [-0.2, 0) is 19.4 Å². The molecule has 2 aromatic rings. The first kappa shape index (κ1) is 18.2. The molecule has 0 bridgehead atoms. The maximum Gasteiger partial charge on any atom is 0.311 e. The highest BCUT2D eigenvalue weighted by Gasteiger charge is 2.30. The van der Waals surface area contributed by atoms with Crippen molar-refractivity contribution in [3.8, 4) is 0 Å². The summed E-state index contributed by atoms with van der Waals surface area (Å²) in [4.78, 5) is 12.5. The molecule has 5 heteroatoms. The van der Waals surface area contributed by atoms with Gasteiger partial charge in [-0.15, -0.1) is 0 Å². The van der Waals surface area contributed by atoms with Crippen molar-refractivity contribution in [3.63, 3.8) is 0 Å². The lowest BCUT2D eigenvalue weighted by atomic mass is 9.97. The van der Waals surface area contributed by atoms with Crippen LogP contribution in [0.15, 0.2) is 65.6 Å². The van der Waals surface area contributed by atoms with Gasteiger partial charge < -0.3 is 4.74 Å². The first-order chi connectivity index (χ1) is 11.2. The van der Waals surface area contributed by atoms with E-state index in [1.54, 1.807) is 75.4 Å². The van der Waals surface area contributed by atoms with Gasteiger partial charge in [-0.3, -0.25) is 4.79 Å². The molecule has 0 aromatic heterocycles. The monoisotopic (exact) mass is 346 g/mol. The molecule has 0 spiro atoms. The number of ether oxygens (including phenoxy) is 1. The Bertz CT molecular complexity index is 775. The van der Waals surface area contributed by atoms with E-state index in [1.807, 2.05) is 6.07 Å². The largest absolute Gasteiger partial charge is 0.456 e. The molecule has 0 saturated heterocycles. The fourth-order valence-electron chi connectivity index (χ4n) is 2.10. The van der Waals surface area contributed by atoms with E-state index in [2.05, 4.69) is 0 Å². The van der Waals surface area contributed by atoms with Crippen molar-refractivity contribution >= 4 is 15.8 Å². The molecule has 1 atom stereocenters. The van der Waals surface area contributed by atoms with Gasteiger partial charge in [0.05, 0.1) is 16.1 Å². The second-order valence-electron chi connectivity index (χ2n) is 6.65. The summed E-state index contributed by atoms with van der Waals surface area (Å²) in [6.07, 6.45) is -0.844. The van der Waals surface area contributed by atoms with Gasteiger partial charge in [-0.25, -0.2) is 8.42 Å². The van der Waals surface area contributed by atoms with Gasteiger partial charge in [0.15, 0.2) is 9.84 Å². The Morgan fingerprint density at radius 1 is 0.958 bits per heavy atom. The summed E-state index contributed by atoms with van der Waals surface area (Å²) in [7, 11) is -3.58. The van der Waals surface area contributed by atoms with Gasteiger partial charge in [-0.1, -0.05) is 48.5 Å². The first-order valence-corrected chi connectivity index (χ1v) is 9.39. The average Bonchev–Trinajstić information content (AvgIpc) is 2.55. The van der Waals surface area contributed by atoms with Crippen LogP contribution in [0.4, 0.5) is 0 Å². The number of esters is 1. The van der Waals surface area contributed by atoms with Crippen LogP contribution in [0.2, 0.25) is 0 Å². The van der Waals surface area contributed by atoms with E-state index in [9.17, 15) is 13.2 Å². The molecule has 0 aliphatic rings. The van der Waals surface area contributed by atoms with Crippen molar-refractivity contribution in [1.82, 2.24) is 0 Å². The lowest BCUT2D eigenvalue weighted by Crippen LogP contribution is -2.28. The molecule has 0 fully saturated rings. The third kappa shape index (κ3) is 4.68. The van der Waals surface area contributed by atoms with Crippen LogP contribution in [0, 0.1) is 5.41 Å². The van der Waals surface area contributed by atoms with Crippen LogP contribution in [0.25, 0.3) is 0 Å². The third-order valence-electron chi connectivity index (χ3n) is 3.51. The third-order valence-corrected chi connectivity index (χ3v) is 5.24. The van der Waals surface area contributed by atoms with Crippen LogP contribution in [0.3, 0.4) is 0 Å². The Labute approximate surface area is 143 Å². The number of benzene rings is 2. The molecule has 0 N–H and O–H groups in total. The maximum atomic E-state index is 12.7. The van der Waals surface area contributed by atoms with Crippen molar-refractivity contribution in [2.75, 3.05) is 5.75 Å². The average molecular weight is 346 g/mol. The fourth-order valence-corrected chi connectivity index (χ4v) is 3.52. The zero-order valence-electron chi connectivity index (χ0n) is 14.1. The molecular formula is C19H22O4S. The molecule has 24 heavy (non-hydrogen) atoms. The van der Waals surface area contributed by atoms with Gasteiger partial charge in [0.1, 0.15) is 6.10 Å². The van der Waals surface area contributed by atoms with E-state index in [0.29, 0.717) is 5.56 Å². The molecule has 0 saturated carbocycles. The van der Waals surface area contributed by atoms with Crippen LogP contribution in [-0.4, -0.2) is 20.1 Å². The van der Waals surface area contributed by atoms with Crippen molar-refractivity contribution in [2.45, 2.75) is 31.8 Å². The molecule has 0 amide bonds. The lowest BCUT2D eigenvalue weighted by molar-refractivity contribution is -0.157. The highest BCUT2D eigenvalue weighted by molar-refractivity contribution is 7.91. The van der Waals surface area contributed by atoms with Gasteiger partial charge >= 0.3 is 5.97 Å². The van der Waals surface area contributed by atoms with Gasteiger partial charge in [0.2, 0.25) is 0 Å². The molecule has 0 heterocycles. The predicted molar refractivity (Wildman–Crippen MR) is 93.2 cm³/mol. The van der Waals surface area contributed by atoms with E-state index in [-0.39, 0.29) is 10.6 Å². The highest BCUT2D eigenvalue weighted by Crippen LogP contribution is 2.27. The van der Waals surface area contributed by atoms with E-state index in [4.69, 9.17) is 4.74 Å². The molecule has 1 unspecified atom stereocenters. The number of carbonyl (C=O) groups excluding carboxylic acids is 1. The second kappa shape index (κ2) is 7.18. The standard InChI is InChI=1S/C19H22O4S/c1-19(2,3)18(20)23-17(15-10-6-4-7-11-15)14-24(21,22)16-12-8-5-9-13-16/h4-13,17H,14H2,1-3H3. The number of hydrogen-bond acceptors (Lipinski definition) is 4. The Kier molecular flexibility index (Phi) is 5.44. The van der Waals surface area contributed by atoms with Gasteiger partial charge in [-0.05, 0) is 38.5 Å². The summed E-state index contributed by atoms with van der Waals surface area (Å²) in [5, 5.41) is 0. The minimum atomic E-state index is -3.58. The summed E-state index contributed by atoms with van der Waals surface area (Å²) < 4.78 is 30.9. The highest BCUT2D eigenvalue weighted by atomic mass is 32.2. The molecule has 0 aliphatic carbocycles. The summed E-state index contributed by atoms with van der Waals surface area (Å²) in [6, 6.07) is 17.1. The number of sulfone groups is 1. The second-order valence-corrected chi connectivity index (χ2v) is 8.68. The quantitative estimate of drug-likeness (QED) is 0.773. The van der Waals surface area contributed by atoms with Crippen LogP contribution in [0.1, 0.15) is 32.4 Å². The Morgan fingerprint density at radius 2 is 1.46 bits per heavy atom. The van der Waals surface area contributed by atoms with Crippen molar-refractivity contribution in [3.05, 3.63) is 66.2 Å². The topological polar surface area (TPSA) is 60.4 Å². The molecule has 2 aromatic carbocycles. The molecule has 2 rings (SSSR count). The van der Waals surface area contributed by atoms with E-state index < -0.39 is 27.3 Å². The SMILES string of the molecule is CC(C)(C)C(=O)OC(CS(=O)(=O)c1ccccc1)c1ccccc1. The minimum absolute atomic E-state index is 0.220. The van der Waals surface area contributed by atoms with Crippen LogP contribution >= 0.6 is 0 Å². The van der Waals surface area contributed by atoms with E-state index >= 15 is 0 Å². The smallest absolute Gasteiger partial charge is 0.311 e. The molecule has 4 nitrogen and oxygen atoms in total. The zero-order chi connectivity index (χ0) is 17.8. The first-order valence-electron chi connectivity index (χ1n) is 7.74. The molecule has 0 radical (unpaired) electrons. The van der Waals surface area contributed by atoms with E-state index in [0.717, 1.165) is 0 Å². The Hall–Kier alpha value is -2.14. The van der Waals surface area contributed by atoms with Crippen molar-refractivity contribution < 1.29 is 17.9 Å². The van der Waals surface area contributed by atoms with Crippen LogP contribution < -0.4 is 0 Å². The fraction of sp³-hybridized carbons (Fsp3) is 0.316. The maximum absolute atomic E-state index is 12.7. The van der Waals surface area contributed by atoms with Gasteiger partial charge in [0, 0.05) is 0 Å². The molecule has 128 valence electrons. The van der Waals surface area contributed by atoms with Crippen molar-refractivity contribution in [1.29, 1.82) is 0 Å². The zero-order valence-corrected chi connectivity index (χ0v) is 14.9. The Balaban J connectivity index is 2.32. The lowest BCUT2D eigenvalue weighted by Gasteiger charge is -2.23. The molecule has 0 aliphatic heterocycles. The van der Waals surface area contributed by atoms with Crippen LogP contribution in [0.5, 0.6) is 0 Å². The normalized spacial score (nSPS) is 13.3. The Morgan fingerprint density at radius 3 is 1.96 bits per heavy atom. The number of carbonyl (C=O) groups is 1. The summed E-state index contributed by atoms with van der Waals surface area (Å²) >= 11 is 0. The summed E-state index contributed by atoms with van der Waals surface area (Å²) in [6.45, 7) is 5.22. The van der Waals surface area contributed by atoms with E-state index in [1.165, 1.54) is 0 Å². The van der Waals surface area contributed by atoms with Gasteiger partial charge in [0.25, 0.3) is 0 Å². The molecular weight excluding hydrogens is 324 g/mol. The van der Waals surface area contributed by atoms with Gasteiger partial charge in [-0.2, -0.15) is 0 Å².